The highest BCUT2D eigenvalue weighted by Gasteiger charge is 2.34. The minimum atomic E-state index is -0.223. The lowest BCUT2D eigenvalue weighted by Gasteiger charge is -2.39. The largest absolute Gasteiger partial charge is 0.377 e. The number of hydrogen-bond acceptors (Lipinski definition) is 7. The summed E-state index contributed by atoms with van der Waals surface area (Å²) in [5.74, 6) is 1.85. The van der Waals surface area contributed by atoms with Crippen LogP contribution in [0.2, 0.25) is 0 Å². The molecule has 5 rings (SSSR count). The van der Waals surface area contributed by atoms with E-state index in [-0.39, 0.29) is 18.0 Å². The summed E-state index contributed by atoms with van der Waals surface area (Å²) in [4.78, 5) is 40.7. The van der Waals surface area contributed by atoms with Crippen LogP contribution < -0.4 is 15.5 Å². The summed E-state index contributed by atoms with van der Waals surface area (Å²) in [7, 11) is 0. The molecule has 0 bridgehead atoms. The van der Waals surface area contributed by atoms with Crippen LogP contribution in [0.15, 0.2) is 24.3 Å². The summed E-state index contributed by atoms with van der Waals surface area (Å²) in [5, 5.41) is 5.58. The molecule has 4 heterocycles. The van der Waals surface area contributed by atoms with Crippen molar-refractivity contribution in [2.75, 3.05) is 56.2 Å². The normalized spacial score (nSPS) is 22.0. The molecule has 2 saturated heterocycles. The van der Waals surface area contributed by atoms with E-state index in [9.17, 15) is 9.59 Å². The Morgan fingerprint density at radius 3 is 2.65 bits per heavy atom. The molecule has 0 radical (unpaired) electrons. The smallest absolute Gasteiger partial charge is 0.319 e. The van der Waals surface area contributed by atoms with Gasteiger partial charge in [-0.1, -0.05) is 0 Å². The lowest BCUT2D eigenvalue weighted by molar-refractivity contribution is -0.128. The van der Waals surface area contributed by atoms with Crippen molar-refractivity contribution in [1.82, 2.24) is 25.1 Å². The van der Waals surface area contributed by atoms with Crippen molar-refractivity contribution in [3.05, 3.63) is 35.5 Å². The molecule has 2 atom stereocenters. The summed E-state index contributed by atoms with van der Waals surface area (Å²) >= 11 is 0. The summed E-state index contributed by atoms with van der Waals surface area (Å²) in [5.41, 5.74) is 3.92. The number of likely N-dealkylation sites (tertiary alicyclic amines) is 1. The molecule has 0 saturated carbocycles. The molecule has 37 heavy (non-hydrogen) atoms. The number of nitrogens with zero attached hydrogens (tertiary/aromatic N) is 5. The van der Waals surface area contributed by atoms with Crippen LogP contribution in [0.25, 0.3) is 11.4 Å². The minimum absolute atomic E-state index is 0.151. The van der Waals surface area contributed by atoms with Crippen molar-refractivity contribution in [2.24, 2.45) is 0 Å². The Morgan fingerprint density at radius 1 is 1.14 bits per heavy atom. The average molecular weight is 508 g/mol. The number of benzene rings is 1. The summed E-state index contributed by atoms with van der Waals surface area (Å²) in [6.45, 7) is 11.8. The Hall–Kier alpha value is -3.24. The zero-order valence-electron chi connectivity index (χ0n) is 22.0. The van der Waals surface area contributed by atoms with Gasteiger partial charge in [-0.2, -0.15) is 0 Å². The van der Waals surface area contributed by atoms with Crippen LogP contribution in [-0.2, 0) is 22.5 Å². The van der Waals surface area contributed by atoms with Gasteiger partial charge in [-0.05, 0) is 51.0 Å². The van der Waals surface area contributed by atoms with Crippen molar-refractivity contribution < 1.29 is 14.3 Å². The molecule has 3 aliphatic heterocycles. The first-order valence-electron chi connectivity index (χ1n) is 13.3. The lowest BCUT2D eigenvalue weighted by Crippen LogP contribution is -2.46. The van der Waals surface area contributed by atoms with Crippen LogP contribution in [0.4, 0.5) is 16.3 Å². The van der Waals surface area contributed by atoms with Gasteiger partial charge in [0.1, 0.15) is 5.82 Å². The number of aromatic nitrogens is 2. The van der Waals surface area contributed by atoms with Crippen molar-refractivity contribution in [3.8, 4) is 11.4 Å². The molecular weight excluding hydrogens is 470 g/mol. The molecule has 10 nitrogen and oxygen atoms in total. The van der Waals surface area contributed by atoms with Crippen LogP contribution in [-0.4, -0.2) is 89.7 Å². The van der Waals surface area contributed by atoms with E-state index in [2.05, 4.69) is 27.4 Å². The van der Waals surface area contributed by atoms with E-state index in [1.807, 2.05) is 36.1 Å². The minimum Gasteiger partial charge on any atom is -0.377 e. The third kappa shape index (κ3) is 5.55. The number of carbonyl (C=O) groups excluding carboxylic acids is 2. The van der Waals surface area contributed by atoms with Crippen molar-refractivity contribution in [1.29, 1.82) is 0 Å². The second-order valence-corrected chi connectivity index (χ2v) is 10.1. The maximum atomic E-state index is 11.9. The predicted octanol–water partition coefficient (Wildman–Crippen LogP) is 2.49. The Morgan fingerprint density at radius 2 is 1.95 bits per heavy atom. The van der Waals surface area contributed by atoms with E-state index in [1.165, 1.54) is 5.56 Å². The first-order chi connectivity index (χ1) is 17.9. The number of urea groups is 1. The van der Waals surface area contributed by atoms with Gasteiger partial charge in [0.15, 0.2) is 5.82 Å². The number of fused-ring (bicyclic) bond motifs is 1. The Labute approximate surface area is 218 Å². The molecule has 2 unspecified atom stereocenters. The van der Waals surface area contributed by atoms with Gasteiger partial charge < -0.3 is 25.2 Å². The van der Waals surface area contributed by atoms with E-state index < -0.39 is 0 Å². The number of ether oxygens (including phenoxy) is 1. The molecule has 198 valence electrons. The highest BCUT2D eigenvalue weighted by Crippen LogP contribution is 2.33. The predicted molar refractivity (Wildman–Crippen MR) is 143 cm³/mol. The molecule has 0 aliphatic carbocycles. The third-order valence-electron chi connectivity index (χ3n) is 7.58. The van der Waals surface area contributed by atoms with Crippen LogP contribution in [0, 0.1) is 0 Å². The molecule has 10 heteroatoms. The van der Waals surface area contributed by atoms with Crippen LogP contribution in [0.1, 0.15) is 38.4 Å². The summed E-state index contributed by atoms with van der Waals surface area (Å²) in [6.07, 6.45) is 1.89. The number of hydrogen-bond donors (Lipinski definition) is 2. The maximum absolute atomic E-state index is 11.9. The zero-order valence-corrected chi connectivity index (χ0v) is 22.0. The summed E-state index contributed by atoms with van der Waals surface area (Å²) in [6, 6.07) is 8.05. The van der Waals surface area contributed by atoms with Crippen molar-refractivity contribution >= 4 is 23.4 Å². The monoisotopic (exact) mass is 507 g/mol. The number of carbonyl (C=O) groups is 2. The fraction of sp³-hybridized carbons (Fsp3) is 0.556. The van der Waals surface area contributed by atoms with Gasteiger partial charge in [-0.25, -0.2) is 14.8 Å². The number of anilines is 2. The maximum Gasteiger partial charge on any atom is 0.319 e. The average Bonchev–Trinajstić information content (AvgIpc) is 3.40. The van der Waals surface area contributed by atoms with Gasteiger partial charge in [0.25, 0.3) is 0 Å². The zero-order chi connectivity index (χ0) is 25.9. The van der Waals surface area contributed by atoms with Crippen LogP contribution >= 0.6 is 0 Å². The summed E-state index contributed by atoms with van der Waals surface area (Å²) < 4.78 is 5.70. The molecule has 3 amide bonds. The Bertz CT molecular complexity index is 1140. The fourth-order valence-corrected chi connectivity index (χ4v) is 5.52. The van der Waals surface area contributed by atoms with E-state index in [0.717, 1.165) is 68.3 Å². The Kier molecular flexibility index (Phi) is 7.57. The molecule has 1 aromatic carbocycles. The highest BCUT2D eigenvalue weighted by molar-refractivity contribution is 5.89. The quantitative estimate of drug-likeness (QED) is 0.641. The van der Waals surface area contributed by atoms with Crippen LogP contribution in [0.5, 0.6) is 0 Å². The van der Waals surface area contributed by atoms with Gasteiger partial charge in [-0.3, -0.25) is 9.69 Å². The number of morpholine rings is 1. The molecule has 2 fully saturated rings. The number of nitrogens with one attached hydrogen (secondary N) is 2. The van der Waals surface area contributed by atoms with E-state index in [4.69, 9.17) is 14.7 Å². The first-order valence-corrected chi connectivity index (χ1v) is 13.3. The fourth-order valence-electron chi connectivity index (χ4n) is 5.52. The molecule has 0 spiro atoms. The van der Waals surface area contributed by atoms with E-state index >= 15 is 0 Å². The van der Waals surface area contributed by atoms with Crippen molar-refractivity contribution in [2.45, 2.75) is 52.2 Å². The van der Waals surface area contributed by atoms with Gasteiger partial charge in [0.05, 0.1) is 24.9 Å². The number of rotatable bonds is 5. The van der Waals surface area contributed by atoms with E-state index in [0.29, 0.717) is 31.6 Å². The van der Waals surface area contributed by atoms with Gasteiger partial charge in [0.2, 0.25) is 5.91 Å². The van der Waals surface area contributed by atoms with Crippen molar-refractivity contribution in [3.63, 3.8) is 0 Å². The lowest BCUT2D eigenvalue weighted by atomic mass is 10.0. The topological polar surface area (TPSA) is 103 Å². The van der Waals surface area contributed by atoms with E-state index in [1.54, 1.807) is 6.92 Å². The third-order valence-corrected chi connectivity index (χ3v) is 7.58. The first kappa shape index (κ1) is 25.4. The van der Waals surface area contributed by atoms with Gasteiger partial charge in [-0.15, -0.1) is 0 Å². The molecule has 2 N–H and O–H groups in total. The van der Waals surface area contributed by atoms with Gasteiger partial charge in [0, 0.05) is 69.0 Å². The second-order valence-electron chi connectivity index (χ2n) is 10.1. The molecular formula is C27H37N7O3. The Balaban J connectivity index is 1.44. The van der Waals surface area contributed by atoms with Gasteiger partial charge >= 0.3 is 6.03 Å². The number of amides is 3. The standard InChI is InChI=1S/C27H37N7O3/c1-4-28-27(36)29-21-7-5-20(6-8-21)25-30-24-16-33(22-9-11-32(15-22)19(3)35)12-10-23(24)26(31-25)34-13-14-37-17-18(34)2/h5-8,18,22H,4,9-17H2,1-3H3,(H2,28,29,36). The molecule has 1 aromatic heterocycles. The SMILES string of the molecule is CCNC(=O)Nc1ccc(-c2nc3c(c(N4CCOCC4C)n2)CCN(C2CCN(C(C)=O)C2)C3)cc1. The highest BCUT2D eigenvalue weighted by atomic mass is 16.5. The molecule has 3 aliphatic rings. The van der Waals surface area contributed by atoms with Crippen LogP contribution in [0.3, 0.4) is 0 Å². The molecule has 2 aromatic rings. The second kappa shape index (κ2) is 11.0.